The Morgan fingerprint density at radius 3 is 1.80 bits per heavy atom. The van der Waals surface area contributed by atoms with Crippen LogP contribution < -0.4 is 21.7 Å². The quantitative estimate of drug-likeness (QED) is 0.161. The van der Waals surface area contributed by atoms with E-state index in [4.69, 9.17) is 5.73 Å². The number of carbonyl (C=O) groups excluding carboxylic acids is 3. The molecule has 1 aromatic carbocycles. The number of aliphatic hydroxyl groups excluding tert-OH is 2. The summed E-state index contributed by atoms with van der Waals surface area (Å²) < 4.78 is 0. The van der Waals surface area contributed by atoms with Crippen molar-refractivity contribution in [2.45, 2.75) is 76.9 Å². The van der Waals surface area contributed by atoms with E-state index in [0.29, 0.717) is 5.56 Å². The van der Waals surface area contributed by atoms with Crippen LogP contribution in [0.15, 0.2) is 24.3 Å². The summed E-state index contributed by atoms with van der Waals surface area (Å²) in [5.74, 6) is -3.84. The number of phenolic OH excluding ortho intramolecular Hbond substituents is 1. The van der Waals surface area contributed by atoms with Crippen LogP contribution in [0.5, 0.6) is 5.75 Å². The Hall–Kier alpha value is -3.22. The molecule has 0 aliphatic rings. The maximum absolute atomic E-state index is 13.2. The van der Waals surface area contributed by atoms with Gasteiger partial charge in [-0.25, -0.2) is 4.79 Å². The van der Waals surface area contributed by atoms with Crippen LogP contribution in [0.3, 0.4) is 0 Å². The maximum Gasteiger partial charge on any atom is 0.328 e. The predicted octanol–water partition coefficient (Wildman–Crippen LogP) is -1.39. The van der Waals surface area contributed by atoms with Crippen molar-refractivity contribution in [2.75, 3.05) is 0 Å². The molecule has 12 nitrogen and oxygen atoms in total. The number of aliphatic carboxylic acids is 1. The molecule has 0 aromatic heterocycles. The number of rotatable bonds is 13. The van der Waals surface area contributed by atoms with Gasteiger partial charge in [0.1, 0.15) is 23.9 Å². The molecule has 9 N–H and O–H groups in total. The highest BCUT2D eigenvalue weighted by Gasteiger charge is 2.32. The highest BCUT2D eigenvalue weighted by atomic mass is 16.4. The number of nitrogens with two attached hydrogens (primary N) is 1. The fraction of sp³-hybridized carbons (Fsp3) is 0.565. The van der Waals surface area contributed by atoms with E-state index in [1.54, 1.807) is 26.0 Å². The van der Waals surface area contributed by atoms with Crippen molar-refractivity contribution in [1.29, 1.82) is 0 Å². The number of carboxylic acid groups (broad SMARTS) is 1. The van der Waals surface area contributed by atoms with Crippen molar-refractivity contribution in [3.8, 4) is 5.75 Å². The lowest BCUT2D eigenvalue weighted by Gasteiger charge is -2.27. The van der Waals surface area contributed by atoms with Crippen LogP contribution in [0.4, 0.5) is 0 Å². The zero-order valence-corrected chi connectivity index (χ0v) is 20.3. The van der Waals surface area contributed by atoms with Crippen LogP contribution >= 0.6 is 0 Å². The first-order chi connectivity index (χ1) is 16.2. The minimum atomic E-state index is -1.58. The number of benzene rings is 1. The highest BCUT2D eigenvalue weighted by Crippen LogP contribution is 2.13. The number of hydrogen-bond donors (Lipinski definition) is 8. The Balaban J connectivity index is 3.15. The number of aliphatic hydroxyl groups is 2. The van der Waals surface area contributed by atoms with Crippen molar-refractivity contribution in [1.82, 2.24) is 16.0 Å². The van der Waals surface area contributed by atoms with E-state index >= 15 is 0 Å². The molecule has 1 rings (SSSR count). The second-order valence-corrected chi connectivity index (χ2v) is 8.95. The summed E-state index contributed by atoms with van der Waals surface area (Å²) in [5, 5.41) is 45.3. The van der Waals surface area contributed by atoms with Crippen LogP contribution in [0.1, 0.15) is 39.7 Å². The van der Waals surface area contributed by atoms with Crippen LogP contribution in [-0.2, 0) is 25.6 Å². The number of aromatic hydroxyl groups is 1. The Morgan fingerprint density at radius 2 is 1.34 bits per heavy atom. The molecule has 12 heteroatoms. The molecular formula is C23H36N4O8. The van der Waals surface area contributed by atoms with Gasteiger partial charge in [0.25, 0.3) is 0 Å². The van der Waals surface area contributed by atoms with Crippen LogP contribution in [0.2, 0.25) is 0 Å². The monoisotopic (exact) mass is 496 g/mol. The molecule has 6 unspecified atom stereocenters. The molecule has 0 aliphatic carbocycles. The zero-order valence-electron chi connectivity index (χ0n) is 20.3. The lowest BCUT2D eigenvalue weighted by molar-refractivity contribution is -0.145. The van der Waals surface area contributed by atoms with Gasteiger partial charge in [0.2, 0.25) is 17.7 Å². The van der Waals surface area contributed by atoms with Gasteiger partial charge < -0.3 is 42.1 Å². The summed E-state index contributed by atoms with van der Waals surface area (Å²) in [6.07, 6.45) is -2.43. The molecule has 3 amide bonds. The average Bonchev–Trinajstić information content (AvgIpc) is 2.76. The standard InChI is InChI=1S/C23H36N4O8/c1-11(2)9-16(21(32)27-19(13(4)29)23(34)35)25-20(31)17(26-22(33)18(24)12(3)28)10-14-5-7-15(30)8-6-14/h5-8,11-13,16-19,28-30H,9-10,24H2,1-4H3,(H,25,31)(H,26,33)(H,27,32)(H,34,35). The van der Waals surface area contributed by atoms with Gasteiger partial charge in [0.15, 0.2) is 6.04 Å². The van der Waals surface area contributed by atoms with E-state index in [9.17, 15) is 39.6 Å². The van der Waals surface area contributed by atoms with Gasteiger partial charge in [-0.3, -0.25) is 14.4 Å². The first-order valence-corrected chi connectivity index (χ1v) is 11.3. The molecule has 0 radical (unpaired) electrons. The summed E-state index contributed by atoms with van der Waals surface area (Å²) in [6, 6.07) is 0.672. The second-order valence-electron chi connectivity index (χ2n) is 8.95. The third-order valence-corrected chi connectivity index (χ3v) is 5.22. The highest BCUT2D eigenvalue weighted by molar-refractivity contribution is 5.94. The first-order valence-electron chi connectivity index (χ1n) is 11.3. The molecule has 196 valence electrons. The number of hydrogen-bond acceptors (Lipinski definition) is 8. The van der Waals surface area contributed by atoms with Crippen LogP contribution in [0, 0.1) is 5.92 Å². The topological polar surface area (TPSA) is 211 Å². The summed E-state index contributed by atoms with van der Waals surface area (Å²) in [7, 11) is 0. The largest absolute Gasteiger partial charge is 0.508 e. The Bertz CT molecular complexity index is 873. The van der Waals surface area contributed by atoms with E-state index in [1.165, 1.54) is 26.0 Å². The van der Waals surface area contributed by atoms with Crippen molar-refractivity contribution in [3.05, 3.63) is 29.8 Å². The molecule has 35 heavy (non-hydrogen) atoms. The Morgan fingerprint density at radius 1 is 0.829 bits per heavy atom. The molecule has 0 saturated carbocycles. The van der Waals surface area contributed by atoms with E-state index < -0.39 is 60.1 Å². The SMILES string of the molecule is CC(C)CC(NC(=O)C(Cc1ccc(O)cc1)NC(=O)C(N)C(C)O)C(=O)NC(C(=O)O)C(C)O. The molecule has 0 bridgehead atoms. The fourth-order valence-electron chi connectivity index (χ4n) is 3.18. The number of phenols is 1. The Kier molecular flexibility index (Phi) is 11.6. The normalized spacial score (nSPS) is 16.3. The smallest absolute Gasteiger partial charge is 0.328 e. The predicted molar refractivity (Wildman–Crippen MR) is 126 cm³/mol. The molecular weight excluding hydrogens is 460 g/mol. The van der Waals surface area contributed by atoms with E-state index in [-0.39, 0.29) is 24.5 Å². The van der Waals surface area contributed by atoms with Gasteiger partial charge in [-0.05, 0) is 43.9 Å². The summed E-state index contributed by atoms with van der Waals surface area (Å²) in [4.78, 5) is 49.8. The molecule has 0 saturated heterocycles. The number of carboxylic acids is 1. The number of nitrogens with one attached hydrogen (secondary N) is 3. The molecule has 6 atom stereocenters. The van der Waals surface area contributed by atoms with Crippen LogP contribution in [0.25, 0.3) is 0 Å². The van der Waals surface area contributed by atoms with E-state index in [0.717, 1.165) is 0 Å². The van der Waals surface area contributed by atoms with E-state index in [1.807, 2.05) is 0 Å². The van der Waals surface area contributed by atoms with Gasteiger partial charge in [-0.2, -0.15) is 0 Å². The van der Waals surface area contributed by atoms with Crippen LogP contribution in [-0.4, -0.2) is 80.5 Å². The first kappa shape index (κ1) is 29.8. The molecule has 1 aromatic rings. The van der Waals surface area contributed by atoms with Crippen molar-refractivity contribution in [2.24, 2.45) is 11.7 Å². The molecule has 0 heterocycles. The van der Waals surface area contributed by atoms with Gasteiger partial charge in [-0.1, -0.05) is 26.0 Å². The average molecular weight is 497 g/mol. The third-order valence-electron chi connectivity index (χ3n) is 5.22. The zero-order chi connectivity index (χ0) is 26.9. The lowest BCUT2D eigenvalue weighted by Crippen LogP contribution is -2.59. The lowest BCUT2D eigenvalue weighted by atomic mass is 10.00. The summed E-state index contributed by atoms with van der Waals surface area (Å²) >= 11 is 0. The maximum atomic E-state index is 13.2. The third kappa shape index (κ3) is 9.89. The number of amides is 3. The summed E-state index contributed by atoms with van der Waals surface area (Å²) in [5.41, 5.74) is 6.26. The van der Waals surface area contributed by atoms with Gasteiger partial charge in [-0.15, -0.1) is 0 Å². The Labute approximate surface area is 203 Å². The molecule has 0 aliphatic heterocycles. The van der Waals surface area contributed by atoms with Gasteiger partial charge in [0, 0.05) is 6.42 Å². The van der Waals surface area contributed by atoms with E-state index in [2.05, 4.69) is 16.0 Å². The van der Waals surface area contributed by atoms with Crippen molar-refractivity contribution in [3.63, 3.8) is 0 Å². The molecule has 0 fully saturated rings. The fourth-order valence-corrected chi connectivity index (χ4v) is 3.18. The van der Waals surface area contributed by atoms with Gasteiger partial charge >= 0.3 is 5.97 Å². The summed E-state index contributed by atoms with van der Waals surface area (Å²) in [6.45, 7) is 6.13. The molecule has 0 spiro atoms. The minimum absolute atomic E-state index is 0.00896. The van der Waals surface area contributed by atoms with Crippen molar-refractivity contribution >= 4 is 23.7 Å². The number of carbonyl (C=O) groups is 4. The minimum Gasteiger partial charge on any atom is -0.508 e. The van der Waals surface area contributed by atoms with Gasteiger partial charge in [0.05, 0.1) is 12.2 Å². The van der Waals surface area contributed by atoms with Crippen molar-refractivity contribution < 1.29 is 39.6 Å². The second kappa shape index (κ2) is 13.6.